The fourth-order valence-corrected chi connectivity index (χ4v) is 2.92. The Bertz CT molecular complexity index is 805. The summed E-state index contributed by atoms with van der Waals surface area (Å²) in [6.45, 7) is 0. The van der Waals surface area contributed by atoms with E-state index in [0.29, 0.717) is 11.7 Å². The second-order valence-corrected chi connectivity index (χ2v) is 5.65. The van der Waals surface area contributed by atoms with Crippen molar-refractivity contribution in [2.24, 2.45) is 15.1 Å². The maximum absolute atomic E-state index is 12.2. The Morgan fingerprint density at radius 3 is 2.83 bits per heavy atom. The average Bonchev–Trinajstić information content (AvgIpc) is 2.88. The van der Waals surface area contributed by atoms with Gasteiger partial charge in [-0.2, -0.15) is 15.1 Å². The highest BCUT2D eigenvalue weighted by molar-refractivity contribution is 6.45. The summed E-state index contributed by atoms with van der Waals surface area (Å²) < 4.78 is 5.22. The van der Waals surface area contributed by atoms with Gasteiger partial charge in [-0.3, -0.25) is 4.79 Å². The van der Waals surface area contributed by atoms with Crippen LogP contribution in [0, 0.1) is 0 Å². The predicted octanol–water partition coefficient (Wildman–Crippen LogP) is 2.62. The Balaban J connectivity index is 1.71. The second-order valence-electron chi connectivity index (χ2n) is 5.65. The first-order chi connectivity index (χ1) is 11.2. The molecule has 0 radical (unpaired) electrons. The van der Waals surface area contributed by atoms with Crippen LogP contribution in [0.5, 0.6) is 5.75 Å². The highest BCUT2D eigenvalue weighted by Crippen LogP contribution is 2.27. The third-order valence-electron chi connectivity index (χ3n) is 4.10. The van der Waals surface area contributed by atoms with Crippen LogP contribution in [0.4, 0.5) is 0 Å². The van der Waals surface area contributed by atoms with Crippen molar-refractivity contribution in [2.45, 2.75) is 25.7 Å². The molecule has 0 N–H and O–H groups in total. The van der Waals surface area contributed by atoms with Crippen molar-refractivity contribution in [3.63, 3.8) is 0 Å². The predicted molar refractivity (Wildman–Crippen MR) is 88.6 cm³/mol. The van der Waals surface area contributed by atoms with Crippen LogP contribution in [0.3, 0.4) is 0 Å². The van der Waals surface area contributed by atoms with Gasteiger partial charge >= 0.3 is 0 Å². The van der Waals surface area contributed by atoms with Crippen molar-refractivity contribution in [1.29, 1.82) is 0 Å². The second kappa shape index (κ2) is 5.46. The number of rotatable bonds is 2. The molecule has 2 heterocycles. The number of amides is 1. The summed E-state index contributed by atoms with van der Waals surface area (Å²) in [5.74, 6) is 0.809. The molecule has 1 saturated carbocycles. The highest BCUT2D eigenvalue weighted by Gasteiger charge is 2.34. The number of carbonyl (C=O) groups excluding carboxylic acids is 1. The summed E-state index contributed by atoms with van der Waals surface area (Å²) in [6.07, 6.45) is 5.82. The van der Waals surface area contributed by atoms with E-state index in [0.717, 1.165) is 48.4 Å². The Morgan fingerprint density at radius 1 is 1.17 bits per heavy atom. The molecule has 6 heteroatoms. The van der Waals surface area contributed by atoms with Crippen molar-refractivity contribution in [2.75, 3.05) is 7.11 Å². The largest absolute Gasteiger partial charge is 0.497 e. The molecule has 1 aliphatic carbocycles. The molecule has 4 rings (SSSR count). The molecule has 0 aromatic heterocycles. The summed E-state index contributed by atoms with van der Waals surface area (Å²) in [6, 6.07) is 7.52. The van der Waals surface area contributed by atoms with Gasteiger partial charge in [-0.25, -0.2) is 4.99 Å². The molecule has 1 amide bonds. The highest BCUT2D eigenvalue weighted by atomic mass is 16.5. The molecule has 3 aliphatic rings. The van der Waals surface area contributed by atoms with E-state index < -0.39 is 0 Å². The van der Waals surface area contributed by atoms with Gasteiger partial charge in [-0.15, -0.1) is 0 Å². The molecule has 0 spiro atoms. The SMILES string of the molecule is COc1cccc(C=C2C(=O)N=C3N=C4CCCCC4=NN23)c1. The van der Waals surface area contributed by atoms with Gasteiger partial charge in [0.2, 0.25) is 0 Å². The molecule has 116 valence electrons. The summed E-state index contributed by atoms with van der Waals surface area (Å²) >= 11 is 0. The number of hydrogen-bond acceptors (Lipinski definition) is 5. The van der Waals surface area contributed by atoms with Gasteiger partial charge < -0.3 is 4.74 Å². The molecular weight excluding hydrogens is 292 g/mol. The first-order valence-corrected chi connectivity index (χ1v) is 7.69. The molecule has 1 aromatic rings. The summed E-state index contributed by atoms with van der Waals surface area (Å²) in [4.78, 5) is 20.8. The van der Waals surface area contributed by atoms with E-state index in [2.05, 4.69) is 15.1 Å². The Labute approximate surface area is 133 Å². The minimum absolute atomic E-state index is 0.310. The van der Waals surface area contributed by atoms with Gasteiger partial charge in [0.25, 0.3) is 11.9 Å². The maximum atomic E-state index is 12.2. The number of hydrogen-bond donors (Lipinski definition) is 0. The number of carbonyl (C=O) groups is 1. The van der Waals surface area contributed by atoms with Gasteiger partial charge in [0, 0.05) is 0 Å². The van der Waals surface area contributed by atoms with Gasteiger partial charge in [-0.1, -0.05) is 12.1 Å². The quantitative estimate of drug-likeness (QED) is 0.789. The molecule has 1 fully saturated rings. The number of hydrazone groups is 1. The smallest absolute Gasteiger partial charge is 0.299 e. The summed E-state index contributed by atoms with van der Waals surface area (Å²) in [5, 5.41) is 6.17. The summed E-state index contributed by atoms with van der Waals surface area (Å²) in [5.41, 5.74) is 3.24. The lowest BCUT2D eigenvalue weighted by molar-refractivity contribution is -0.114. The molecule has 23 heavy (non-hydrogen) atoms. The van der Waals surface area contributed by atoms with E-state index >= 15 is 0 Å². The molecular formula is C17H16N4O2. The van der Waals surface area contributed by atoms with E-state index in [9.17, 15) is 4.79 Å². The zero-order valence-electron chi connectivity index (χ0n) is 12.8. The first kappa shape index (κ1) is 13.9. The van der Waals surface area contributed by atoms with Crippen LogP contribution in [0.2, 0.25) is 0 Å². The van der Waals surface area contributed by atoms with E-state index in [1.807, 2.05) is 24.3 Å². The third-order valence-corrected chi connectivity index (χ3v) is 4.10. The molecule has 0 saturated heterocycles. The lowest BCUT2D eigenvalue weighted by atomic mass is 9.96. The number of nitrogens with zero attached hydrogens (tertiary/aromatic N) is 4. The minimum atomic E-state index is -0.310. The Hall–Kier alpha value is -2.76. The molecule has 1 aromatic carbocycles. The van der Waals surface area contributed by atoms with Crippen LogP contribution in [0.1, 0.15) is 31.2 Å². The van der Waals surface area contributed by atoms with Gasteiger partial charge in [-0.05, 0) is 49.5 Å². The fraction of sp³-hybridized carbons (Fsp3) is 0.294. The van der Waals surface area contributed by atoms with Gasteiger partial charge in [0.15, 0.2) is 0 Å². The minimum Gasteiger partial charge on any atom is -0.497 e. The molecule has 0 atom stereocenters. The van der Waals surface area contributed by atoms with Crippen LogP contribution < -0.4 is 4.74 Å². The normalized spacial score (nSPS) is 21.4. The molecule has 0 bridgehead atoms. The van der Waals surface area contributed by atoms with Crippen LogP contribution in [0.25, 0.3) is 6.08 Å². The average molecular weight is 308 g/mol. The van der Waals surface area contributed by atoms with Crippen LogP contribution in [-0.4, -0.2) is 35.4 Å². The van der Waals surface area contributed by atoms with E-state index in [1.165, 1.54) is 0 Å². The van der Waals surface area contributed by atoms with Crippen molar-refractivity contribution in [3.8, 4) is 5.75 Å². The number of ether oxygens (including phenoxy) is 1. The third kappa shape index (κ3) is 2.46. The first-order valence-electron chi connectivity index (χ1n) is 7.69. The number of guanidine groups is 1. The van der Waals surface area contributed by atoms with Gasteiger partial charge in [0.1, 0.15) is 11.4 Å². The van der Waals surface area contributed by atoms with Crippen molar-refractivity contribution >= 4 is 29.4 Å². The summed E-state index contributed by atoms with van der Waals surface area (Å²) in [7, 11) is 1.62. The number of fused-ring (bicyclic) bond motifs is 2. The zero-order chi connectivity index (χ0) is 15.8. The number of methoxy groups -OCH3 is 1. The van der Waals surface area contributed by atoms with E-state index in [4.69, 9.17) is 4.74 Å². The number of aliphatic imine (C=N–C) groups is 2. The van der Waals surface area contributed by atoms with Crippen LogP contribution >= 0.6 is 0 Å². The fourth-order valence-electron chi connectivity index (χ4n) is 2.92. The Kier molecular flexibility index (Phi) is 3.29. The maximum Gasteiger partial charge on any atom is 0.299 e. The molecule has 0 unspecified atom stereocenters. The van der Waals surface area contributed by atoms with Crippen LogP contribution in [0.15, 0.2) is 45.0 Å². The monoisotopic (exact) mass is 308 g/mol. The van der Waals surface area contributed by atoms with Crippen molar-refractivity contribution in [3.05, 3.63) is 35.5 Å². The topological polar surface area (TPSA) is 66.6 Å². The van der Waals surface area contributed by atoms with Crippen molar-refractivity contribution < 1.29 is 9.53 Å². The van der Waals surface area contributed by atoms with E-state index in [1.54, 1.807) is 18.2 Å². The standard InChI is InChI=1S/C17H16N4O2/c1-23-12-6-4-5-11(9-12)10-15-16(22)19-17-18-13-7-2-3-8-14(13)20-21(15)17/h4-6,9-10H,2-3,7-8H2,1H3. The molecule has 2 aliphatic heterocycles. The van der Waals surface area contributed by atoms with Crippen LogP contribution in [-0.2, 0) is 4.79 Å². The van der Waals surface area contributed by atoms with E-state index in [-0.39, 0.29) is 5.91 Å². The lowest BCUT2D eigenvalue weighted by Crippen LogP contribution is -2.33. The lowest BCUT2D eigenvalue weighted by Gasteiger charge is -2.24. The number of benzene rings is 1. The molecule has 6 nitrogen and oxygen atoms in total. The van der Waals surface area contributed by atoms with Crippen molar-refractivity contribution in [1.82, 2.24) is 5.01 Å². The Morgan fingerprint density at radius 2 is 2.00 bits per heavy atom. The zero-order valence-corrected chi connectivity index (χ0v) is 12.8. The van der Waals surface area contributed by atoms with Gasteiger partial charge in [0.05, 0.1) is 18.5 Å².